The van der Waals surface area contributed by atoms with Gasteiger partial charge in [0.25, 0.3) is 5.91 Å². The van der Waals surface area contributed by atoms with Crippen LogP contribution in [0.25, 0.3) is 0 Å². The molecule has 0 bridgehead atoms. The first-order chi connectivity index (χ1) is 10.2. The fraction of sp³-hybridized carbons (Fsp3) is 0.250. The lowest BCUT2D eigenvalue weighted by Crippen LogP contribution is -2.34. The van der Waals surface area contributed by atoms with Gasteiger partial charge in [-0.05, 0) is 5.56 Å². The van der Waals surface area contributed by atoms with Gasteiger partial charge in [-0.15, -0.1) is 0 Å². The Kier molecular flexibility index (Phi) is 5.29. The Labute approximate surface area is 124 Å². The Bertz CT molecular complexity index is 570. The highest BCUT2D eigenvalue weighted by molar-refractivity contribution is 5.93. The van der Waals surface area contributed by atoms with E-state index >= 15 is 0 Å². The van der Waals surface area contributed by atoms with E-state index in [2.05, 4.69) is 0 Å². The Balaban J connectivity index is 2.14. The van der Waals surface area contributed by atoms with E-state index in [1.54, 1.807) is 12.0 Å². The molecule has 0 spiro atoms. The van der Waals surface area contributed by atoms with Crippen molar-refractivity contribution in [1.82, 2.24) is 4.90 Å². The quantitative estimate of drug-likeness (QED) is 0.599. The first-order valence-corrected chi connectivity index (χ1v) is 6.71. The van der Waals surface area contributed by atoms with Crippen LogP contribution in [0.15, 0.2) is 54.9 Å². The molecule has 0 saturated heterocycles. The number of rotatable bonds is 6. The first kappa shape index (κ1) is 15.0. The zero-order valence-corrected chi connectivity index (χ0v) is 11.9. The standard InChI is InChI=1S/C16H18N2O3/c1-21-12-11-17(13-14-5-3-2-4-6-14)16(19)15-7-9-18(20)10-8-15/h2-10H,11-13H2,1H3. The van der Waals surface area contributed by atoms with E-state index in [9.17, 15) is 10.0 Å². The summed E-state index contributed by atoms with van der Waals surface area (Å²) in [6, 6.07) is 12.8. The maximum absolute atomic E-state index is 12.5. The molecule has 0 aliphatic rings. The van der Waals surface area contributed by atoms with Gasteiger partial charge in [0.2, 0.25) is 0 Å². The normalized spacial score (nSPS) is 10.3. The molecule has 0 unspecified atom stereocenters. The lowest BCUT2D eigenvalue weighted by Gasteiger charge is -2.22. The molecular weight excluding hydrogens is 268 g/mol. The molecule has 0 atom stereocenters. The number of methoxy groups -OCH3 is 1. The van der Waals surface area contributed by atoms with Crippen LogP contribution in [0.5, 0.6) is 0 Å². The maximum atomic E-state index is 12.5. The average molecular weight is 286 g/mol. The number of ether oxygens (including phenoxy) is 1. The van der Waals surface area contributed by atoms with E-state index in [4.69, 9.17) is 4.74 Å². The summed E-state index contributed by atoms with van der Waals surface area (Å²) >= 11 is 0. The highest BCUT2D eigenvalue weighted by Gasteiger charge is 2.16. The van der Waals surface area contributed by atoms with E-state index < -0.39 is 0 Å². The van der Waals surface area contributed by atoms with Crippen LogP contribution in [-0.2, 0) is 11.3 Å². The molecule has 0 N–H and O–H groups in total. The summed E-state index contributed by atoms with van der Waals surface area (Å²) in [6.45, 7) is 1.47. The van der Waals surface area contributed by atoms with E-state index in [0.29, 0.717) is 30.0 Å². The van der Waals surface area contributed by atoms with Gasteiger partial charge in [-0.1, -0.05) is 30.3 Å². The molecule has 0 fully saturated rings. The third-order valence-corrected chi connectivity index (χ3v) is 3.12. The van der Waals surface area contributed by atoms with Gasteiger partial charge in [-0.2, -0.15) is 4.73 Å². The Morgan fingerprint density at radius 1 is 1.19 bits per heavy atom. The van der Waals surface area contributed by atoms with E-state index in [1.165, 1.54) is 24.5 Å². The van der Waals surface area contributed by atoms with E-state index in [0.717, 1.165) is 5.56 Å². The lowest BCUT2D eigenvalue weighted by atomic mass is 10.2. The zero-order chi connectivity index (χ0) is 15.1. The van der Waals surface area contributed by atoms with Gasteiger partial charge < -0.3 is 14.8 Å². The molecule has 0 aliphatic heterocycles. The largest absolute Gasteiger partial charge is 0.619 e. The minimum absolute atomic E-state index is 0.114. The zero-order valence-electron chi connectivity index (χ0n) is 11.9. The number of pyridine rings is 1. The van der Waals surface area contributed by atoms with Crippen molar-refractivity contribution in [2.75, 3.05) is 20.3 Å². The topological polar surface area (TPSA) is 56.5 Å². The summed E-state index contributed by atoms with van der Waals surface area (Å²) in [5.41, 5.74) is 1.55. The molecule has 0 saturated carbocycles. The van der Waals surface area contributed by atoms with Crippen LogP contribution >= 0.6 is 0 Å². The van der Waals surface area contributed by atoms with Crippen molar-refractivity contribution in [3.63, 3.8) is 0 Å². The molecule has 2 rings (SSSR count). The maximum Gasteiger partial charge on any atom is 0.254 e. The van der Waals surface area contributed by atoms with Crippen LogP contribution in [0.4, 0.5) is 0 Å². The molecule has 1 aromatic heterocycles. The molecule has 0 radical (unpaired) electrons. The second-order valence-corrected chi connectivity index (χ2v) is 4.65. The van der Waals surface area contributed by atoms with Crippen LogP contribution in [0.1, 0.15) is 15.9 Å². The monoisotopic (exact) mass is 286 g/mol. The molecule has 21 heavy (non-hydrogen) atoms. The van der Waals surface area contributed by atoms with Crippen LogP contribution in [-0.4, -0.2) is 31.1 Å². The van der Waals surface area contributed by atoms with Crippen molar-refractivity contribution in [2.45, 2.75) is 6.54 Å². The third-order valence-electron chi connectivity index (χ3n) is 3.12. The summed E-state index contributed by atoms with van der Waals surface area (Å²) in [7, 11) is 1.61. The number of hydrogen-bond donors (Lipinski definition) is 0. The Morgan fingerprint density at radius 3 is 2.48 bits per heavy atom. The van der Waals surface area contributed by atoms with Crippen molar-refractivity contribution in [1.29, 1.82) is 0 Å². The highest BCUT2D eigenvalue weighted by atomic mass is 16.5. The van der Waals surface area contributed by atoms with Gasteiger partial charge in [-0.3, -0.25) is 4.79 Å². The molecule has 110 valence electrons. The van der Waals surface area contributed by atoms with Crippen LogP contribution < -0.4 is 4.73 Å². The van der Waals surface area contributed by atoms with Gasteiger partial charge in [0, 0.05) is 32.3 Å². The molecule has 5 heteroatoms. The van der Waals surface area contributed by atoms with Crippen molar-refractivity contribution < 1.29 is 14.3 Å². The number of benzene rings is 1. The minimum Gasteiger partial charge on any atom is -0.619 e. The number of carbonyl (C=O) groups is 1. The van der Waals surface area contributed by atoms with Gasteiger partial charge >= 0.3 is 0 Å². The molecule has 1 heterocycles. The average Bonchev–Trinajstić information content (AvgIpc) is 2.52. The summed E-state index contributed by atoms with van der Waals surface area (Å²) in [5, 5.41) is 11.0. The summed E-state index contributed by atoms with van der Waals surface area (Å²) in [6.07, 6.45) is 2.65. The van der Waals surface area contributed by atoms with Crippen LogP contribution in [0.2, 0.25) is 0 Å². The second kappa shape index (κ2) is 7.40. The smallest absolute Gasteiger partial charge is 0.254 e. The first-order valence-electron chi connectivity index (χ1n) is 6.71. The fourth-order valence-corrected chi connectivity index (χ4v) is 2.00. The second-order valence-electron chi connectivity index (χ2n) is 4.65. The van der Waals surface area contributed by atoms with Crippen molar-refractivity contribution in [2.24, 2.45) is 0 Å². The number of hydrogen-bond acceptors (Lipinski definition) is 3. The van der Waals surface area contributed by atoms with Crippen LogP contribution in [0.3, 0.4) is 0 Å². The van der Waals surface area contributed by atoms with Crippen LogP contribution in [0, 0.1) is 5.21 Å². The van der Waals surface area contributed by atoms with Crippen molar-refractivity contribution in [3.05, 3.63) is 71.2 Å². The van der Waals surface area contributed by atoms with Gasteiger partial charge in [-0.25, -0.2) is 0 Å². The van der Waals surface area contributed by atoms with Gasteiger partial charge in [0.05, 0.1) is 12.2 Å². The third kappa shape index (κ3) is 4.29. The summed E-state index contributed by atoms with van der Waals surface area (Å²) < 4.78 is 5.73. The molecular formula is C16H18N2O3. The molecule has 1 amide bonds. The molecule has 5 nitrogen and oxygen atoms in total. The number of amides is 1. The molecule has 1 aromatic carbocycles. The van der Waals surface area contributed by atoms with E-state index in [1.807, 2.05) is 30.3 Å². The SMILES string of the molecule is COCCN(Cc1ccccc1)C(=O)c1cc[n+]([O-])cc1. The number of nitrogens with zero attached hydrogens (tertiary/aromatic N) is 2. The number of aromatic nitrogens is 1. The summed E-state index contributed by atoms with van der Waals surface area (Å²) in [5.74, 6) is -0.114. The van der Waals surface area contributed by atoms with Gasteiger partial charge in [0.1, 0.15) is 0 Å². The predicted octanol–water partition coefficient (Wildman–Crippen LogP) is 1.61. The fourth-order valence-electron chi connectivity index (χ4n) is 2.00. The highest BCUT2D eigenvalue weighted by Crippen LogP contribution is 2.09. The Hall–Kier alpha value is -2.40. The van der Waals surface area contributed by atoms with Crippen molar-refractivity contribution in [3.8, 4) is 0 Å². The predicted molar refractivity (Wildman–Crippen MR) is 78.5 cm³/mol. The molecule has 0 aliphatic carbocycles. The molecule has 2 aromatic rings. The summed E-state index contributed by atoms with van der Waals surface area (Å²) in [4.78, 5) is 14.2. The van der Waals surface area contributed by atoms with Crippen molar-refractivity contribution >= 4 is 5.91 Å². The minimum atomic E-state index is -0.114. The lowest BCUT2D eigenvalue weighted by molar-refractivity contribution is -0.605. The van der Waals surface area contributed by atoms with E-state index in [-0.39, 0.29) is 5.91 Å². The van der Waals surface area contributed by atoms with Gasteiger partial charge in [0.15, 0.2) is 12.4 Å². The number of carbonyl (C=O) groups excluding carboxylic acids is 1. The Morgan fingerprint density at radius 2 is 1.86 bits per heavy atom.